The third-order valence-corrected chi connectivity index (χ3v) is 5.42. The van der Waals surface area contributed by atoms with E-state index >= 15 is 0 Å². The highest BCUT2D eigenvalue weighted by Crippen LogP contribution is 2.34. The molecule has 0 saturated heterocycles. The second kappa shape index (κ2) is 10.0. The maximum atomic E-state index is 12.3. The summed E-state index contributed by atoms with van der Waals surface area (Å²) in [4.78, 5) is 18.8. The minimum Gasteiger partial charge on any atom is -0.454 e. The van der Waals surface area contributed by atoms with Crippen molar-refractivity contribution in [2.24, 2.45) is 0 Å². The first-order chi connectivity index (χ1) is 16.7. The van der Waals surface area contributed by atoms with Crippen LogP contribution >= 0.6 is 0 Å². The number of nitrogens with one attached hydrogen (secondary N) is 1. The molecule has 178 valence electrons. The minimum absolute atomic E-state index is 0.227. The van der Waals surface area contributed by atoms with E-state index in [1.807, 2.05) is 36.4 Å². The Morgan fingerprint density at radius 2 is 1.56 bits per heavy atom. The molecule has 1 amide bonds. The maximum absolute atomic E-state index is 12.3. The van der Waals surface area contributed by atoms with Crippen LogP contribution in [0.25, 0.3) is 0 Å². The standard InChI is InChI=1S/C24H25N3O7/c1-29-7-6-25-24(28)18-13-30-23(26-18)12-27(10-16-2-4-19-21(8-16)33-14-31-19)11-17-3-5-20-22(9-17)34-15-32-20/h2-5,8-9,13H,6-7,10-12,14-15H2,1H3,(H,25,28). The number of hydrogen-bond acceptors (Lipinski definition) is 9. The van der Waals surface area contributed by atoms with Crippen LogP contribution in [0, 0.1) is 0 Å². The van der Waals surface area contributed by atoms with E-state index in [0.717, 1.165) is 34.1 Å². The van der Waals surface area contributed by atoms with Crippen LogP contribution in [0.5, 0.6) is 23.0 Å². The summed E-state index contributed by atoms with van der Waals surface area (Å²) >= 11 is 0. The van der Waals surface area contributed by atoms with Crippen molar-refractivity contribution in [3.63, 3.8) is 0 Å². The van der Waals surface area contributed by atoms with Crippen LogP contribution in [0.4, 0.5) is 0 Å². The zero-order valence-electron chi connectivity index (χ0n) is 18.7. The average molecular weight is 467 g/mol. The Bertz CT molecular complexity index is 1100. The molecule has 0 atom stereocenters. The number of aromatic nitrogens is 1. The van der Waals surface area contributed by atoms with E-state index in [1.165, 1.54) is 6.26 Å². The molecule has 10 heteroatoms. The second-order valence-corrected chi connectivity index (χ2v) is 7.90. The summed E-state index contributed by atoms with van der Waals surface area (Å²) in [5, 5.41) is 2.74. The van der Waals surface area contributed by atoms with Gasteiger partial charge in [0, 0.05) is 26.7 Å². The van der Waals surface area contributed by atoms with Crippen LogP contribution in [0.1, 0.15) is 27.5 Å². The molecule has 0 bridgehead atoms. The smallest absolute Gasteiger partial charge is 0.273 e. The number of methoxy groups -OCH3 is 1. The van der Waals surface area contributed by atoms with Gasteiger partial charge in [-0.1, -0.05) is 12.1 Å². The lowest BCUT2D eigenvalue weighted by Gasteiger charge is -2.21. The lowest BCUT2D eigenvalue weighted by atomic mass is 10.1. The van der Waals surface area contributed by atoms with E-state index < -0.39 is 0 Å². The molecule has 10 nitrogen and oxygen atoms in total. The van der Waals surface area contributed by atoms with E-state index in [2.05, 4.69) is 15.2 Å². The number of hydrogen-bond donors (Lipinski definition) is 1. The van der Waals surface area contributed by atoms with Crippen LogP contribution in [-0.2, 0) is 24.4 Å². The van der Waals surface area contributed by atoms with Crippen molar-refractivity contribution in [2.75, 3.05) is 33.8 Å². The molecule has 5 rings (SSSR count). The van der Waals surface area contributed by atoms with Gasteiger partial charge in [-0.15, -0.1) is 0 Å². The van der Waals surface area contributed by atoms with E-state index in [9.17, 15) is 4.79 Å². The van der Waals surface area contributed by atoms with Gasteiger partial charge in [0.2, 0.25) is 19.5 Å². The third-order valence-electron chi connectivity index (χ3n) is 5.42. The van der Waals surface area contributed by atoms with Gasteiger partial charge in [0.1, 0.15) is 6.26 Å². The Hall–Kier alpha value is -3.76. The fourth-order valence-corrected chi connectivity index (χ4v) is 3.80. The molecular weight excluding hydrogens is 442 g/mol. The molecule has 2 aliphatic rings. The van der Waals surface area contributed by atoms with E-state index in [4.69, 9.17) is 28.1 Å². The van der Waals surface area contributed by atoms with Crippen LogP contribution in [-0.4, -0.2) is 49.6 Å². The maximum Gasteiger partial charge on any atom is 0.273 e. The first-order valence-electron chi connectivity index (χ1n) is 10.9. The zero-order valence-corrected chi connectivity index (χ0v) is 18.7. The second-order valence-electron chi connectivity index (χ2n) is 7.90. The van der Waals surface area contributed by atoms with Crippen molar-refractivity contribution in [3.8, 4) is 23.0 Å². The first-order valence-corrected chi connectivity index (χ1v) is 10.9. The van der Waals surface area contributed by atoms with Gasteiger partial charge < -0.3 is 33.4 Å². The van der Waals surface area contributed by atoms with Crippen LogP contribution in [0.15, 0.2) is 47.1 Å². The van der Waals surface area contributed by atoms with Gasteiger partial charge in [-0.3, -0.25) is 9.69 Å². The molecule has 3 heterocycles. The van der Waals surface area contributed by atoms with Crippen LogP contribution in [0.3, 0.4) is 0 Å². The van der Waals surface area contributed by atoms with Gasteiger partial charge in [0.05, 0.1) is 13.2 Å². The third kappa shape index (κ3) is 5.08. The SMILES string of the molecule is COCCNC(=O)c1coc(CN(Cc2ccc3c(c2)OCO3)Cc2ccc3c(c2)OCO3)n1. The molecule has 34 heavy (non-hydrogen) atoms. The monoisotopic (exact) mass is 467 g/mol. The first kappa shape index (κ1) is 22.1. The lowest BCUT2D eigenvalue weighted by molar-refractivity contribution is 0.0932. The molecule has 1 N–H and O–H groups in total. The van der Waals surface area contributed by atoms with E-state index in [-0.39, 0.29) is 25.2 Å². The van der Waals surface area contributed by atoms with Gasteiger partial charge in [0.15, 0.2) is 28.7 Å². The number of fused-ring (bicyclic) bond motifs is 2. The normalized spacial score (nSPS) is 13.5. The number of carbonyl (C=O) groups excluding carboxylic acids is 1. The van der Waals surface area contributed by atoms with Crippen molar-refractivity contribution in [1.29, 1.82) is 0 Å². The zero-order chi connectivity index (χ0) is 23.3. The van der Waals surface area contributed by atoms with E-state index in [1.54, 1.807) is 7.11 Å². The number of nitrogens with zero attached hydrogens (tertiary/aromatic N) is 2. The highest BCUT2D eigenvalue weighted by atomic mass is 16.7. The van der Waals surface area contributed by atoms with Gasteiger partial charge in [-0.25, -0.2) is 4.98 Å². The fourth-order valence-electron chi connectivity index (χ4n) is 3.80. The average Bonchev–Trinajstić information content (AvgIpc) is 3.59. The van der Waals surface area contributed by atoms with E-state index in [0.29, 0.717) is 38.7 Å². The van der Waals surface area contributed by atoms with Crippen LogP contribution < -0.4 is 24.3 Å². The molecular formula is C24H25N3O7. The Kier molecular flexibility index (Phi) is 6.50. The number of ether oxygens (including phenoxy) is 5. The van der Waals surface area contributed by atoms with Gasteiger partial charge in [0.25, 0.3) is 5.91 Å². The fraction of sp³-hybridized carbons (Fsp3) is 0.333. The molecule has 0 unspecified atom stereocenters. The Labute approximate surface area is 196 Å². The molecule has 0 spiro atoms. The van der Waals surface area contributed by atoms with Gasteiger partial charge in [-0.05, 0) is 35.4 Å². The quantitative estimate of drug-likeness (QED) is 0.451. The highest BCUT2D eigenvalue weighted by Gasteiger charge is 2.19. The Morgan fingerprint density at radius 1 is 0.941 bits per heavy atom. The van der Waals surface area contributed by atoms with Crippen molar-refractivity contribution >= 4 is 5.91 Å². The highest BCUT2D eigenvalue weighted by molar-refractivity contribution is 5.91. The Morgan fingerprint density at radius 3 is 2.18 bits per heavy atom. The van der Waals surface area contributed by atoms with Crippen molar-refractivity contribution in [3.05, 3.63) is 65.4 Å². The number of oxazole rings is 1. The largest absolute Gasteiger partial charge is 0.454 e. The summed E-state index contributed by atoms with van der Waals surface area (Å²) in [6.07, 6.45) is 1.37. The number of benzene rings is 2. The van der Waals surface area contributed by atoms with Gasteiger partial charge in [-0.2, -0.15) is 0 Å². The summed E-state index contributed by atoms with van der Waals surface area (Å²) in [5.74, 6) is 3.08. The lowest BCUT2D eigenvalue weighted by Crippen LogP contribution is -2.27. The summed E-state index contributed by atoms with van der Waals surface area (Å²) in [6.45, 7) is 2.88. The molecule has 0 aliphatic carbocycles. The Balaban J connectivity index is 1.32. The molecule has 0 radical (unpaired) electrons. The summed E-state index contributed by atoms with van der Waals surface area (Å²) in [7, 11) is 1.58. The van der Waals surface area contributed by atoms with Crippen molar-refractivity contribution in [2.45, 2.75) is 19.6 Å². The number of rotatable bonds is 10. The van der Waals surface area contributed by atoms with Crippen molar-refractivity contribution in [1.82, 2.24) is 15.2 Å². The molecule has 2 aromatic carbocycles. The topological polar surface area (TPSA) is 105 Å². The molecule has 3 aromatic rings. The van der Waals surface area contributed by atoms with Gasteiger partial charge >= 0.3 is 0 Å². The molecule has 2 aliphatic heterocycles. The number of carbonyl (C=O) groups is 1. The predicted octanol–water partition coefficient (Wildman–Crippen LogP) is 2.71. The predicted molar refractivity (Wildman–Crippen MR) is 119 cm³/mol. The molecule has 0 fully saturated rings. The van der Waals surface area contributed by atoms with Crippen LogP contribution in [0.2, 0.25) is 0 Å². The summed E-state index contributed by atoms with van der Waals surface area (Å²) in [5.41, 5.74) is 2.33. The molecule has 1 aromatic heterocycles. The molecule has 0 saturated carbocycles. The number of amides is 1. The van der Waals surface area contributed by atoms with Crippen molar-refractivity contribution < 1.29 is 32.9 Å². The minimum atomic E-state index is -0.301. The summed E-state index contributed by atoms with van der Waals surface area (Å²) < 4.78 is 32.5. The summed E-state index contributed by atoms with van der Waals surface area (Å²) in [6, 6.07) is 11.8.